The first-order chi connectivity index (χ1) is 7.84. The van der Waals surface area contributed by atoms with Crippen LogP contribution in [0.2, 0.25) is 0 Å². The summed E-state index contributed by atoms with van der Waals surface area (Å²) in [6.45, 7) is 7.39. The molecule has 17 heavy (non-hydrogen) atoms. The van der Waals surface area contributed by atoms with E-state index in [1.54, 1.807) is 6.92 Å². The van der Waals surface area contributed by atoms with Crippen molar-refractivity contribution in [1.29, 1.82) is 0 Å². The smallest absolute Gasteiger partial charge is 0.277 e. The molecule has 0 aromatic carbocycles. The summed E-state index contributed by atoms with van der Waals surface area (Å²) in [4.78, 5) is 35.0. The Bertz CT molecular complexity index is 375. The van der Waals surface area contributed by atoms with Crippen molar-refractivity contribution in [2.45, 2.75) is 34.1 Å². The lowest BCUT2D eigenvalue weighted by atomic mass is 9.71. The molecule has 1 rings (SSSR count). The van der Waals surface area contributed by atoms with Gasteiger partial charge in [0.05, 0.1) is 0 Å². The molecule has 94 valence electrons. The monoisotopic (exact) mass is 238 g/mol. The standard InChI is InChI=1S/C12H18N2O3/c1-5-12(8(4)6-7(2)3)9(15)13-11(17)14-10(12)16/h6,8H,5H2,1-4H3,(H2,13,14,15,16,17). The van der Waals surface area contributed by atoms with Crippen LogP contribution in [0.1, 0.15) is 34.1 Å². The maximum absolute atomic E-state index is 12.0. The summed E-state index contributed by atoms with van der Waals surface area (Å²) in [7, 11) is 0. The number of rotatable bonds is 3. The topological polar surface area (TPSA) is 75.3 Å². The fraction of sp³-hybridized carbons (Fsp3) is 0.583. The van der Waals surface area contributed by atoms with Crippen LogP contribution in [-0.2, 0) is 9.59 Å². The minimum absolute atomic E-state index is 0.259. The normalized spacial score (nSPS) is 20.4. The Morgan fingerprint density at radius 1 is 1.24 bits per heavy atom. The minimum Gasteiger partial charge on any atom is -0.277 e. The second-order valence-corrected chi connectivity index (χ2v) is 4.59. The van der Waals surface area contributed by atoms with E-state index in [-0.39, 0.29) is 5.92 Å². The van der Waals surface area contributed by atoms with Gasteiger partial charge in [-0.1, -0.05) is 25.5 Å². The Kier molecular flexibility index (Phi) is 3.70. The molecule has 1 aliphatic rings. The molecule has 0 aromatic rings. The van der Waals surface area contributed by atoms with E-state index in [1.807, 2.05) is 26.8 Å². The Hall–Kier alpha value is -1.65. The van der Waals surface area contributed by atoms with Gasteiger partial charge in [0.2, 0.25) is 11.8 Å². The molecule has 0 bridgehead atoms. The summed E-state index contributed by atoms with van der Waals surface area (Å²) in [6, 6.07) is -0.742. The number of hydrogen-bond acceptors (Lipinski definition) is 3. The Labute approximate surface area is 101 Å². The highest BCUT2D eigenvalue weighted by atomic mass is 16.2. The van der Waals surface area contributed by atoms with Gasteiger partial charge < -0.3 is 0 Å². The molecule has 4 amide bonds. The van der Waals surface area contributed by atoms with Crippen molar-refractivity contribution in [1.82, 2.24) is 10.6 Å². The molecule has 1 saturated heterocycles. The second-order valence-electron chi connectivity index (χ2n) is 4.59. The third-order valence-corrected chi connectivity index (χ3v) is 3.18. The summed E-state index contributed by atoms with van der Waals surface area (Å²) in [5.41, 5.74) is -0.159. The number of amides is 4. The van der Waals surface area contributed by atoms with Crippen LogP contribution in [0.5, 0.6) is 0 Å². The predicted molar refractivity (Wildman–Crippen MR) is 63.0 cm³/mol. The van der Waals surface area contributed by atoms with Crippen LogP contribution in [0.25, 0.3) is 0 Å². The zero-order chi connectivity index (χ0) is 13.2. The third-order valence-electron chi connectivity index (χ3n) is 3.18. The van der Waals surface area contributed by atoms with Crippen molar-refractivity contribution in [2.75, 3.05) is 0 Å². The van der Waals surface area contributed by atoms with Crippen LogP contribution in [0.15, 0.2) is 11.6 Å². The maximum Gasteiger partial charge on any atom is 0.328 e. The minimum atomic E-state index is -1.19. The SMILES string of the molecule is CCC1(C(C)C=C(C)C)C(=O)NC(=O)NC1=O. The molecule has 5 nitrogen and oxygen atoms in total. The van der Waals surface area contributed by atoms with Crippen LogP contribution in [0.4, 0.5) is 4.79 Å². The van der Waals surface area contributed by atoms with E-state index in [4.69, 9.17) is 0 Å². The van der Waals surface area contributed by atoms with Gasteiger partial charge >= 0.3 is 6.03 Å². The van der Waals surface area contributed by atoms with E-state index in [1.165, 1.54) is 0 Å². The second kappa shape index (κ2) is 4.69. The first-order valence-electron chi connectivity index (χ1n) is 5.66. The lowest BCUT2D eigenvalue weighted by Crippen LogP contribution is -2.64. The number of carbonyl (C=O) groups is 3. The van der Waals surface area contributed by atoms with Gasteiger partial charge in [-0.25, -0.2) is 4.79 Å². The molecular weight excluding hydrogens is 220 g/mol. The first kappa shape index (κ1) is 13.4. The zero-order valence-corrected chi connectivity index (χ0v) is 10.6. The summed E-state index contributed by atoms with van der Waals surface area (Å²) < 4.78 is 0. The largest absolute Gasteiger partial charge is 0.328 e. The van der Waals surface area contributed by atoms with Gasteiger partial charge in [0.25, 0.3) is 0 Å². The van der Waals surface area contributed by atoms with Crippen molar-refractivity contribution in [2.24, 2.45) is 11.3 Å². The molecule has 0 aromatic heterocycles. The fourth-order valence-corrected chi connectivity index (χ4v) is 2.26. The van der Waals surface area contributed by atoms with Gasteiger partial charge in [-0.15, -0.1) is 0 Å². The lowest BCUT2D eigenvalue weighted by Gasteiger charge is -2.36. The van der Waals surface area contributed by atoms with Crippen molar-refractivity contribution >= 4 is 17.8 Å². The molecule has 1 atom stereocenters. The van der Waals surface area contributed by atoms with Crippen LogP contribution < -0.4 is 10.6 Å². The van der Waals surface area contributed by atoms with Crippen molar-refractivity contribution in [3.63, 3.8) is 0 Å². The molecule has 0 aliphatic carbocycles. The highest BCUT2D eigenvalue weighted by molar-refractivity contribution is 6.19. The summed E-state index contributed by atoms with van der Waals surface area (Å²) in [6.07, 6.45) is 2.22. The van der Waals surface area contributed by atoms with E-state index < -0.39 is 23.3 Å². The van der Waals surface area contributed by atoms with E-state index in [2.05, 4.69) is 10.6 Å². The summed E-state index contributed by atoms with van der Waals surface area (Å²) >= 11 is 0. The molecule has 0 saturated carbocycles. The van der Waals surface area contributed by atoms with Crippen LogP contribution in [-0.4, -0.2) is 17.8 Å². The van der Waals surface area contributed by atoms with Gasteiger partial charge in [-0.3, -0.25) is 20.2 Å². The van der Waals surface area contributed by atoms with E-state index in [0.29, 0.717) is 6.42 Å². The average Bonchev–Trinajstić information content (AvgIpc) is 2.16. The molecular formula is C12H18N2O3. The van der Waals surface area contributed by atoms with E-state index in [0.717, 1.165) is 5.57 Å². The first-order valence-corrected chi connectivity index (χ1v) is 5.66. The Balaban J connectivity index is 3.17. The van der Waals surface area contributed by atoms with Gasteiger partial charge in [-0.05, 0) is 26.2 Å². The number of urea groups is 1. The van der Waals surface area contributed by atoms with Gasteiger partial charge in [-0.2, -0.15) is 0 Å². The molecule has 1 fully saturated rings. The molecule has 5 heteroatoms. The quantitative estimate of drug-likeness (QED) is 0.575. The predicted octanol–water partition coefficient (Wildman–Crippen LogP) is 1.35. The zero-order valence-electron chi connectivity index (χ0n) is 10.6. The highest BCUT2D eigenvalue weighted by Gasteiger charge is 2.51. The van der Waals surface area contributed by atoms with Gasteiger partial charge in [0, 0.05) is 0 Å². The number of imide groups is 2. The number of barbiturate groups is 1. The van der Waals surface area contributed by atoms with E-state index >= 15 is 0 Å². The summed E-state index contributed by atoms with van der Waals surface area (Å²) in [5.74, 6) is -1.29. The third kappa shape index (κ3) is 2.23. The maximum atomic E-state index is 12.0. The molecule has 1 heterocycles. The van der Waals surface area contributed by atoms with Crippen molar-refractivity contribution < 1.29 is 14.4 Å². The Morgan fingerprint density at radius 3 is 2.06 bits per heavy atom. The van der Waals surface area contributed by atoms with Crippen molar-refractivity contribution in [3.8, 4) is 0 Å². The number of allylic oxidation sites excluding steroid dienone is 2. The lowest BCUT2D eigenvalue weighted by molar-refractivity contribution is -0.147. The number of nitrogens with one attached hydrogen (secondary N) is 2. The fourth-order valence-electron chi connectivity index (χ4n) is 2.26. The summed E-state index contributed by atoms with van der Waals surface area (Å²) in [5, 5.41) is 4.33. The molecule has 1 aliphatic heterocycles. The highest BCUT2D eigenvalue weighted by Crippen LogP contribution is 2.35. The number of hydrogen-bond donors (Lipinski definition) is 2. The molecule has 0 radical (unpaired) electrons. The van der Waals surface area contributed by atoms with E-state index in [9.17, 15) is 14.4 Å². The number of carbonyl (C=O) groups excluding carboxylic acids is 3. The molecule has 0 spiro atoms. The van der Waals surface area contributed by atoms with Crippen molar-refractivity contribution in [3.05, 3.63) is 11.6 Å². The van der Waals surface area contributed by atoms with Crippen LogP contribution in [0, 0.1) is 11.3 Å². The van der Waals surface area contributed by atoms with Gasteiger partial charge in [0.15, 0.2) is 0 Å². The van der Waals surface area contributed by atoms with Crippen LogP contribution in [0.3, 0.4) is 0 Å². The molecule has 1 unspecified atom stereocenters. The molecule has 2 N–H and O–H groups in total. The van der Waals surface area contributed by atoms with Crippen LogP contribution >= 0.6 is 0 Å². The van der Waals surface area contributed by atoms with Gasteiger partial charge in [0.1, 0.15) is 5.41 Å². The average molecular weight is 238 g/mol. The Morgan fingerprint density at radius 2 is 1.71 bits per heavy atom.